The van der Waals surface area contributed by atoms with Crippen molar-refractivity contribution in [1.29, 1.82) is 0 Å². The van der Waals surface area contributed by atoms with Crippen LogP contribution in [0.15, 0.2) is 29.6 Å². The Hall–Kier alpha value is -2.08. The van der Waals surface area contributed by atoms with Crippen molar-refractivity contribution >= 4 is 17.4 Å². The van der Waals surface area contributed by atoms with E-state index in [4.69, 9.17) is 4.74 Å². The van der Waals surface area contributed by atoms with Crippen LogP contribution in [0.3, 0.4) is 0 Å². The lowest BCUT2D eigenvalue weighted by atomic mass is 10.2. The molecule has 0 atom stereocenters. The first kappa shape index (κ1) is 17.3. The average Bonchev–Trinajstić information content (AvgIpc) is 3.02. The largest absolute Gasteiger partial charge is 0.496 e. The smallest absolute Gasteiger partial charge is 0.315 e. The highest BCUT2D eigenvalue weighted by molar-refractivity contribution is 7.09. The Labute approximate surface area is 141 Å². The number of aromatic nitrogens is 1. The van der Waals surface area contributed by atoms with E-state index < -0.39 is 0 Å². The zero-order valence-electron chi connectivity index (χ0n) is 13.8. The molecular formula is C17H23N3O2S. The lowest BCUT2D eigenvalue weighted by Crippen LogP contribution is -2.36. The Morgan fingerprint density at radius 2 is 2.09 bits per heavy atom. The van der Waals surface area contributed by atoms with Crippen LogP contribution in [-0.2, 0) is 13.0 Å². The van der Waals surface area contributed by atoms with Gasteiger partial charge in [-0.2, -0.15) is 0 Å². The molecule has 0 aliphatic carbocycles. The second kappa shape index (κ2) is 8.53. The van der Waals surface area contributed by atoms with Crippen molar-refractivity contribution < 1.29 is 9.53 Å². The van der Waals surface area contributed by atoms with E-state index in [1.807, 2.05) is 24.3 Å². The molecule has 0 fully saturated rings. The number of rotatable bonds is 7. The Balaban J connectivity index is 1.72. The van der Waals surface area contributed by atoms with Crippen molar-refractivity contribution in [2.75, 3.05) is 13.7 Å². The number of carbonyl (C=O) groups excluding carboxylic acids is 1. The maximum atomic E-state index is 11.8. The van der Waals surface area contributed by atoms with E-state index in [-0.39, 0.29) is 6.03 Å². The van der Waals surface area contributed by atoms with Gasteiger partial charge in [0.25, 0.3) is 0 Å². The van der Waals surface area contributed by atoms with E-state index in [1.165, 1.54) is 0 Å². The minimum atomic E-state index is -0.185. The van der Waals surface area contributed by atoms with Crippen LogP contribution < -0.4 is 15.4 Å². The van der Waals surface area contributed by atoms with Gasteiger partial charge in [0.1, 0.15) is 5.75 Å². The van der Waals surface area contributed by atoms with E-state index in [1.54, 1.807) is 18.4 Å². The summed E-state index contributed by atoms with van der Waals surface area (Å²) in [4.78, 5) is 16.4. The van der Waals surface area contributed by atoms with Crippen molar-refractivity contribution in [2.24, 2.45) is 0 Å². The molecule has 0 bridgehead atoms. The molecule has 0 aliphatic heterocycles. The maximum Gasteiger partial charge on any atom is 0.315 e. The summed E-state index contributed by atoms with van der Waals surface area (Å²) in [7, 11) is 1.62. The molecule has 23 heavy (non-hydrogen) atoms. The van der Waals surface area contributed by atoms with Gasteiger partial charge in [-0.05, 0) is 6.07 Å². The van der Waals surface area contributed by atoms with Gasteiger partial charge in [-0.15, -0.1) is 11.3 Å². The second-order valence-electron chi connectivity index (χ2n) is 5.50. The number of hydrogen-bond acceptors (Lipinski definition) is 4. The van der Waals surface area contributed by atoms with E-state index >= 15 is 0 Å². The number of benzene rings is 1. The number of nitrogens with one attached hydrogen (secondary N) is 2. The summed E-state index contributed by atoms with van der Waals surface area (Å²) in [6.07, 6.45) is 0.741. The van der Waals surface area contributed by atoms with Gasteiger partial charge < -0.3 is 15.4 Å². The van der Waals surface area contributed by atoms with E-state index in [0.717, 1.165) is 28.4 Å². The molecule has 0 radical (unpaired) electrons. The molecule has 124 valence electrons. The van der Waals surface area contributed by atoms with Gasteiger partial charge in [0.2, 0.25) is 0 Å². The highest BCUT2D eigenvalue weighted by atomic mass is 32.1. The highest BCUT2D eigenvalue weighted by Gasteiger charge is 2.07. The number of amides is 2. The first-order chi connectivity index (χ1) is 11.1. The summed E-state index contributed by atoms with van der Waals surface area (Å²) >= 11 is 1.67. The van der Waals surface area contributed by atoms with Crippen LogP contribution in [0.4, 0.5) is 4.79 Å². The summed E-state index contributed by atoms with van der Waals surface area (Å²) < 4.78 is 5.26. The highest BCUT2D eigenvalue weighted by Crippen LogP contribution is 2.19. The van der Waals surface area contributed by atoms with Crippen molar-refractivity contribution in [3.63, 3.8) is 0 Å². The number of hydrogen-bond donors (Lipinski definition) is 2. The molecule has 0 aliphatic rings. The number of urea groups is 1. The zero-order chi connectivity index (χ0) is 16.7. The summed E-state index contributed by atoms with van der Waals surface area (Å²) in [5.41, 5.74) is 1.98. The van der Waals surface area contributed by atoms with Crippen molar-refractivity contribution in [3.05, 3.63) is 45.9 Å². The van der Waals surface area contributed by atoms with E-state index in [0.29, 0.717) is 19.0 Å². The first-order valence-electron chi connectivity index (χ1n) is 7.68. The standard InChI is InChI=1S/C17H23N3O2S/c1-12(2)16-20-14(11-23-16)8-9-18-17(21)19-10-13-6-4-5-7-15(13)22-3/h4-7,11-12H,8-10H2,1-3H3,(H2,18,19,21). The quantitative estimate of drug-likeness (QED) is 0.817. The SMILES string of the molecule is COc1ccccc1CNC(=O)NCCc1csc(C(C)C)n1. The topological polar surface area (TPSA) is 63.2 Å². The molecule has 0 unspecified atom stereocenters. The first-order valence-corrected chi connectivity index (χ1v) is 8.56. The van der Waals surface area contributed by atoms with Crippen LogP contribution in [0.25, 0.3) is 0 Å². The maximum absolute atomic E-state index is 11.8. The third-order valence-electron chi connectivity index (χ3n) is 3.36. The number of carbonyl (C=O) groups is 1. The number of methoxy groups -OCH3 is 1. The third kappa shape index (κ3) is 5.25. The van der Waals surface area contributed by atoms with Gasteiger partial charge >= 0.3 is 6.03 Å². The number of thiazole rings is 1. The Kier molecular flexibility index (Phi) is 6.40. The lowest BCUT2D eigenvalue weighted by Gasteiger charge is -2.10. The lowest BCUT2D eigenvalue weighted by molar-refractivity contribution is 0.240. The molecule has 1 aromatic carbocycles. The van der Waals surface area contributed by atoms with Gasteiger partial charge in [0, 0.05) is 36.4 Å². The Morgan fingerprint density at radius 3 is 2.78 bits per heavy atom. The van der Waals surface area contributed by atoms with E-state index in [9.17, 15) is 4.79 Å². The number of ether oxygens (including phenoxy) is 1. The minimum absolute atomic E-state index is 0.185. The molecular weight excluding hydrogens is 310 g/mol. The number of para-hydroxylation sites is 1. The third-order valence-corrected chi connectivity index (χ3v) is 4.56. The normalized spacial score (nSPS) is 10.6. The fourth-order valence-corrected chi connectivity index (χ4v) is 2.96. The summed E-state index contributed by atoms with van der Waals surface area (Å²) in [5, 5.41) is 8.89. The fourth-order valence-electron chi connectivity index (χ4n) is 2.09. The van der Waals surface area contributed by atoms with Gasteiger partial charge in [0.15, 0.2) is 0 Å². The Morgan fingerprint density at radius 1 is 1.30 bits per heavy atom. The van der Waals surface area contributed by atoms with Crippen LogP contribution in [0.2, 0.25) is 0 Å². The van der Waals surface area contributed by atoms with Gasteiger partial charge in [-0.1, -0.05) is 32.0 Å². The van der Waals surface area contributed by atoms with Gasteiger partial charge in [-0.25, -0.2) is 9.78 Å². The van der Waals surface area contributed by atoms with E-state index in [2.05, 4.69) is 34.8 Å². The second-order valence-corrected chi connectivity index (χ2v) is 6.39. The summed E-state index contributed by atoms with van der Waals surface area (Å²) in [6, 6.07) is 7.45. The summed E-state index contributed by atoms with van der Waals surface area (Å²) in [5.74, 6) is 1.22. The predicted octanol–water partition coefficient (Wildman–Crippen LogP) is 3.32. The van der Waals surface area contributed by atoms with Crippen molar-refractivity contribution in [3.8, 4) is 5.75 Å². The molecule has 6 heteroatoms. The molecule has 1 aromatic heterocycles. The van der Waals surface area contributed by atoms with Gasteiger partial charge in [-0.3, -0.25) is 0 Å². The van der Waals surface area contributed by atoms with Gasteiger partial charge in [0.05, 0.1) is 17.8 Å². The molecule has 2 N–H and O–H groups in total. The zero-order valence-corrected chi connectivity index (χ0v) is 14.6. The number of nitrogens with zero attached hydrogens (tertiary/aromatic N) is 1. The van der Waals surface area contributed by atoms with Crippen LogP contribution in [-0.4, -0.2) is 24.7 Å². The monoisotopic (exact) mass is 333 g/mol. The fraction of sp³-hybridized carbons (Fsp3) is 0.412. The van der Waals surface area contributed by atoms with Crippen LogP contribution >= 0.6 is 11.3 Å². The molecule has 1 heterocycles. The molecule has 0 saturated carbocycles. The molecule has 5 nitrogen and oxygen atoms in total. The van der Waals surface area contributed by atoms with Crippen LogP contribution in [0, 0.1) is 0 Å². The van der Waals surface area contributed by atoms with Crippen LogP contribution in [0.1, 0.15) is 36.0 Å². The van der Waals surface area contributed by atoms with Crippen molar-refractivity contribution in [1.82, 2.24) is 15.6 Å². The molecule has 2 aromatic rings. The molecule has 2 amide bonds. The molecule has 0 spiro atoms. The Bertz CT molecular complexity index is 640. The molecule has 2 rings (SSSR count). The summed E-state index contributed by atoms with van der Waals surface area (Å²) in [6.45, 7) is 5.27. The predicted molar refractivity (Wildman–Crippen MR) is 93.1 cm³/mol. The average molecular weight is 333 g/mol. The van der Waals surface area contributed by atoms with Crippen molar-refractivity contribution in [2.45, 2.75) is 32.7 Å². The molecule has 0 saturated heterocycles. The van der Waals surface area contributed by atoms with Crippen LogP contribution in [0.5, 0.6) is 5.75 Å². The minimum Gasteiger partial charge on any atom is -0.496 e.